The molecule has 0 aliphatic heterocycles. The van der Waals surface area contributed by atoms with E-state index in [2.05, 4.69) is 21.2 Å². The van der Waals surface area contributed by atoms with Crippen molar-refractivity contribution in [3.8, 4) is 0 Å². The standard InChI is InChI=1S/C16H14BrNO3/c17-13-4-3-11-2-1-10(7-12(11)8-13)9-18-14(19)16(5-6-16)15(20)21/h1-4,7-8H,5-6,9H2,(H,18,19)(H,20,21). The van der Waals surface area contributed by atoms with E-state index in [0.29, 0.717) is 19.4 Å². The van der Waals surface area contributed by atoms with Gasteiger partial charge in [0.1, 0.15) is 5.41 Å². The molecule has 2 N–H and O–H groups in total. The Morgan fingerprint density at radius 2 is 1.86 bits per heavy atom. The summed E-state index contributed by atoms with van der Waals surface area (Å²) in [5, 5.41) is 14.0. The van der Waals surface area contributed by atoms with Crippen molar-refractivity contribution in [1.82, 2.24) is 5.32 Å². The van der Waals surface area contributed by atoms with Crippen LogP contribution in [0, 0.1) is 5.41 Å². The van der Waals surface area contributed by atoms with Gasteiger partial charge in [-0.15, -0.1) is 0 Å². The molecule has 0 aromatic heterocycles. The Labute approximate surface area is 130 Å². The zero-order chi connectivity index (χ0) is 15.0. The summed E-state index contributed by atoms with van der Waals surface area (Å²) in [5.41, 5.74) is -0.227. The number of aliphatic carboxylic acids is 1. The van der Waals surface area contributed by atoms with Gasteiger partial charge in [0.05, 0.1) is 0 Å². The molecule has 4 nitrogen and oxygen atoms in total. The van der Waals surface area contributed by atoms with E-state index in [1.54, 1.807) is 0 Å². The molecule has 0 spiro atoms. The molecule has 108 valence electrons. The Morgan fingerprint density at radius 1 is 1.14 bits per heavy atom. The molecule has 5 heteroatoms. The number of hydrogen-bond donors (Lipinski definition) is 2. The molecule has 1 fully saturated rings. The number of benzene rings is 2. The lowest BCUT2D eigenvalue weighted by Gasteiger charge is -2.11. The van der Waals surface area contributed by atoms with E-state index in [0.717, 1.165) is 20.8 Å². The minimum atomic E-state index is -1.18. The maximum atomic E-state index is 12.0. The molecule has 1 saturated carbocycles. The summed E-state index contributed by atoms with van der Waals surface area (Å²) in [6.07, 6.45) is 0.859. The summed E-state index contributed by atoms with van der Waals surface area (Å²) in [5.74, 6) is -1.41. The van der Waals surface area contributed by atoms with E-state index >= 15 is 0 Å². The maximum absolute atomic E-state index is 12.0. The van der Waals surface area contributed by atoms with Crippen LogP contribution in [-0.2, 0) is 16.1 Å². The lowest BCUT2D eigenvalue weighted by atomic mass is 10.1. The Bertz CT molecular complexity index is 737. The summed E-state index contributed by atoms with van der Waals surface area (Å²) < 4.78 is 0.999. The van der Waals surface area contributed by atoms with E-state index in [1.165, 1.54) is 0 Å². The number of carboxylic acid groups (broad SMARTS) is 1. The summed E-state index contributed by atoms with van der Waals surface area (Å²) >= 11 is 3.43. The predicted octanol–water partition coefficient (Wildman–Crippen LogP) is 3.08. The van der Waals surface area contributed by atoms with Gasteiger partial charge < -0.3 is 10.4 Å². The van der Waals surface area contributed by atoms with Crippen molar-refractivity contribution in [2.75, 3.05) is 0 Å². The number of halogens is 1. The van der Waals surface area contributed by atoms with Crippen molar-refractivity contribution < 1.29 is 14.7 Å². The second kappa shape index (κ2) is 5.15. The number of carbonyl (C=O) groups is 2. The summed E-state index contributed by atoms with van der Waals surface area (Å²) in [6, 6.07) is 11.9. The number of fused-ring (bicyclic) bond motifs is 1. The van der Waals surface area contributed by atoms with Gasteiger partial charge >= 0.3 is 5.97 Å². The van der Waals surface area contributed by atoms with E-state index in [1.807, 2.05) is 36.4 Å². The minimum Gasteiger partial charge on any atom is -0.480 e. The molecule has 0 heterocycles. The molecule has 0 bridgehead atoms. The number of nitrogens with one attached hydrogen (secondary N) is 1. The molecule has 0 radical (unpaired) electrons. The third-order valence-electron chi connectivity index (χ3n) is 3.91. The third kappa shape index (κ3) is 2.65. The van der Waals surface area contributed by atoms with Crippen molar-refractivity contribution >= 4 is 38.6 Å². The van der Waals surface area contributed by atoms with Crippen LogP contribution in [0.25, 0.3) is 10.8 Å². The van der Waals surface area contributed by atoms with E-state index in [-0.39, 0.29) is 5.91 Å². The molecule has 0 atom stereocenters. The van der Waals surface area contributed by atoms with Gasteiger partial charge in [0.15, 0.2) is 0 Å². The first-order chi connectivity index (χ1) is 10.0. The average molecular weight is 348 g/mol. The fraction of sp³-hybridized carbons (Fsp3) is 0.250. The monoisotopic (exact) mass is 347 g/mol. The fourth-order valence-corrected chi connectivity index (χ4v) is 2.77. The first-order valence-corrected chi connectivity index (χ1v) is 7.50. The highest BCUT2D eigenvalue weighted by molar-refractivity contribution is 9.10. The molecular weight excluding hydrogens is 334 g/mol. The topological polar surface area (TPSA) is 66.4 Å². The Morgan fingerprint density at radius 3 is 2.52 bits per heavy atom. The zero-order valence-electron chi connectivity index (χ0n) is 11.2. The highest BCUT2D eigenvalue weighted by Crippen LogP contribution is 2.46. The summed E-state index contributed by atoms with van der Waals surface area (Å²) in [7, 11) is 0. The van der Waals surface area contributed by atoms with Crippen molar-refractivity contribution in [2.24, 2.45) is 5.41 Å². The van der Waals surface area contributed by atoms with Crippen molar-refractivity contribution in [1.29, 1.82) is 0 Å². The van der Waals surface area contributed by atoms with Crippen molar-refractivity contribution in [3.05, 3.63) is 46.4 Å². The van der Waals surface area contributed by atoms with Gasteiger partial charge in [-0.3, -0.25) is 9.59 Å². The van der Waals surface area contributed by atoms with Crippen LogP contribution in [0.15, 0.2) is 40.9 Å². The van der Waals surface area contributed by atoms with E-state index in [9.17, 15) is 9.59 Å². The lowest BCUT2D eigenvalue weighted by molar-refractivity contribution is -0.149. The molecule has 2 aromatic rings. The van der Waals surface area contributed by atoms with Gasteiger partial charge in [-0.1, -0.05) is 34.1 Å². The fourth-order valence-electron chi connectivity index (χ4n) is 2.39. The van der Waals surface area contributed by atoms with Crippen LogP contribution in [-0.4, -0.2) is 17.0 Å². The predicted molar refractivity (Wildman–Crippen MR) is 82.8 cm³/mol. The highest BCUT2D eigenvalue weighted by atomic mass is 79.9. The van der Waals surface area contributed by atoms with Gasteiger partial charge in [-0.2, -0.15) is 0 Å². The Balaban J connectivity index is 1.74. The van der Waals surface area contributed by atoms with Crippen LogP contribution in [0.5, 0.6) is 0 Å². The second-order valence-corrected chi connectivity index (χ2v) is 6.31. The molecule has 1 aliphatic rings. The largest absolute Gasteiger partial charge is 0.480 e. The minimum absolute atomic E-state index is 0.344. The molecule has 0 unspecified atom stereocenters. The highest BCUT2D eigenvalue weighted by Gasteiger charge is 2.56. The molecule has 3 rings (SSSR count). The van der Waals surface area contributed by atoms with Crippen LogP contribution >= 0.6 is 15.9 Å². The number of rotatable bonds is 4. The SMILES string of the molecule is O=C(O)C1(C(=O)NCc2ccc3ccc(Br)cc3c2)CC1. The van der Waals surface area contributed by atoms with Crippen molar-refractivity contribution in [3.63, 3.8) is 0 Å². The summed E-state index contributed by atoms with van der Waals surface area (Å²) in [4.78, 5) is 23.0. The zero-order valence-corrected chi connectivity index (χ0v) is 12.8. The van der Waals surface area contributed by atoms with Crippen LogP contribution in [0.1, 0.15) is 18.4 Å². The second-order valence-electron chi connectivity index (χ2n) is 5.40. The molecule has 1 amide bonds. The average Bonchev–Trinajstić information content (AvgIpc) is 3.26. The van der Waals surface area contributed by atoms with Crippen LogP contribution in [0.4, 0.5) is 0 Å². The van der Waals surface area contributed by atoms with Gasteiger partial charge in [-0.25, -0.2) is 0 Å². The number of hydrogen-bond acceptors (Lipinski definition) is 2. The van der Waals surface area contributed by atoms with E-state index < -0.39 is 11.4 Å². The van der Waals surface area contributed by atoms with Gasteiger partial charge in [0.2, 0.25) is 5.91 Å². The van der Waals surface area contributed by atoms with Crippen LogP contribution < -0.4 is 5.32 Å². The molecule has 1 aliphatic carbocycles. The quantitative estimate of drug-likeness (QED) is 0.835. The number of carboxylic acids is 1. The normalized spacial score (nSPS) is 15.7. The van der Waals surface area contributed by atoms with Gasteiger partial charge in [0.25, 0.3) is 0 Å². The van der Waals surface area contributed by atoms with E-state index in [4.69, 9.17) is 5.11 Å². The van der Waals surface area contributed by atoms with Gasteiger partial charge in [0, 0.05) is 11.0 Å². The maximum Gasteiger partial charge on any atom is 0.319 e. The molecule has 0 saturated heterocycles. The smallest absolute Gasteiger partial charge is 0.319 e. The first-order valence-electron chi connectivity index (χ1n) is 6.71. The van der Waals surface area contributed by atoms with Crippen LogP contribution in [0.3, 0.4) is 0 Å². The Hall–Kier alpha value is -1.88. The number of carbonyl (C=O) groups excluding carboxylic acids is 1. The Kier molecular flexibility index (Phi) is 3.45. The molecule has 2 aromatic carbocycles. The third-order valence-corrected chi connectivity index (χ3v) is 4.41. The number of amides is 1. The van der Waals surface area contributed by atoms with Gasteiger partial charge in [-0.05, 0) is 47.4 Å². The first kappa shape index (κ1) is 14.1. The lowest BCUT2D eigenvalue weighted by Crippen LogP contribution is -2.36. The summed E-state index contributed by atoms with van der Waals surface area (Å²) in [6.45, 7) is 0.344. The van der Waals surface area contributed by atoms with Crippen LogP contribution in [0.2, 0.25) is 0 Å². The molecular formula is C16H14BrNO3. The molecule has 21 heavy (non-hydrogen) atoms. The van der Waals surface area contributed by atoms with Crippen molar-refractivity contribution in [2.45, 2.75) is 19.4 Å².